The second kappa shape index (κ2) is 8.11. The summed E-state index contributed by atoms with van der Waals surface area (Å²) in [5.41, 5.74) is 0.389. The number of hydrogen-bond donors (Lipinski definition) is 2. The van der Waals surface area contributed by atoms with E-state index in [0.29, 0.717) is 37.8 Å². The van der Waals surface area contributed by atoms with Crippen molar-refractivity contribution in [1.82, 2.24) is 25.0 Å². The van der Waals surface area contributed by atoms with E-state index in [2.05, 4.69) is 25.3 Å². The van der Waals surface area contributed by atoms with Crippen molar-refractivity contribution in [2.45, 2.75) is 5.75 Å². The molecular weight excluding hydrogens is 336 g/mol. The average molecular weight is 358 g/mol. The Morgan fingerprint density at radius 2 is 2.08 bits per heavy atom. The fourth-order valence-electron chi connectivity index (χ4n) is 2.35. The summed E-state index contributed by atoms with van der Waals surface area (Å²) in [6.45, 7) is 1.80. The number of carbonyl (C=O) groups excluding carboxylic acids is 1. The molecule has 1 aromatic heterocycles. The van der Waals surface area contributed by atoms with Crippen LogP contribution in [-0.2, 0) is 20.6 Å². The first kappa shape index (κ1) is 18.2. The van der Waals surface area contributed by atoms with Gasteiger partial charge in [0.2, 0.25) is 15.9 Å². The lowest BCUT2D eigenvalue weighted by atomic mass is 10.4. The zero-order valence-corrected chi connectivity index (χ0v) is 14.5. The van der Waals surface area contributed by atoms with Crippen LogP contribution in [-0.4, -0.2) is 81.5 Å². The lowest BCUT2D eigenvalue weighted by molar-refractivity contribution is -0.119. The molecule has 0 aromatic carbocycles. The standard InChI is InChI=1S/C13H22N6O4S/c1-14-12(20)9-16-13(15-2)18-4-6-19(7-5-18)24(21,22)10-11-3-8-23-17-11/h3,8H,4-7,9-10H2,1-2H3,(H,14,20)(H,15,16). The first-order valence-corrected chi connectivity index (χ1v) is 9.10. The minimum absolute atomic E-state index is 0.119. The Bertz CT molecular complexity index is 665. The van der Waals surface area contributed by atoms with Crippen LogP contribution in [0.1, 0.15) is 5.69 Å². The van der Waals surface area contributed by atoms with Gasteiger partial charge >= 0.3 is 0 Å². The molecule has 24 heavy (non-hydrogen) atoms. The van der Waals surface area contributed by atoms with Gasteiger partial charge in [-0.1, -0.05) is 5.16 Å². The van der Waals surface area contributed by atoms with E-state index >= 15 is 0 Å². The normalized spacial score (nSPS) is 16.9. The van der Waals surface area contributed by atoms with Gasteiger partial charge in [0.1, 0.15) is 12.0 Å². The van der Waals surface area contributed by atoms with Crippen molar-refractivity contribution in [3.05, 3.63) is 18.0 Å². The second-order valence-corrected chi connectivity index (χ2v) is 7.18. The largest absolute Gasteiger partial charge is 0.364 e. The predicted octanol–water partition coefficient (Wildman–Crippen LogP) is -1.56. The minimum atomic E-state index is -3.43. The molecule has 1 fully saturated rings. The third-order valence-corrected chi connectivity index (χ3v) is 5.46. The number of carbonyl (C=O) groups is 1. The summed E-state index contributed by atoms with van der Waals surface area (Å²) in [6.07, 6.45) is 1.35. The summed E-state index contributed by atoms with van der Waals surface area (Å²) in [5, 5.41) is 9.12. The maximum absolute atomic E-state index is 12.4. The summed E-state index contributed by atoms with van der Waals surface area (Å²) < 4.78 is 30.9. The van der Waals surface area contributed by atoms with Crippen LogP contribution in [0.25, 0.3) is 0 Å². The van der Waals surface area contributed by atoms with Gasteiger partial charge in [0.15, 0.2) is 5.96 Å². The third kappa shape index (κ3) is 4.68. The van der Waals surface area contributed by atoms with Gasteiger partial charge in [-0.25, -0.2) is 8.42 Å². The quantitative estimate of drug-likeness (QED) is 0.483. The highest BCUT2D eigenvalue weighted by molar-refractivity contribution is 7.88. The molecule has 1 aliphatic rings. The van der Waals surface area contributed by atoms with Crippen LogP contribution >= 0.6 is 0 Å². The Kier molecular flexibility index (Phi) is 6.15. The molecule has 2 heterocycles. The number of sulfonamides is 1. The molecule has 2 rings (SSSR count). The molecule has 1 saturated heterocycles. The van der Waals surface area contributed by atoms with Gasteiger partial charge in [-0.3, -0.25) is 9.79 Å². The third-order valence-electron chi connectivity index (χ3n) is 3.65. The molecule has 11 heteroatoms. The Morgan fingerprint density at radius 1 is 1.38 bits per heavy atom. The number of piperazine rings is 1. The van der Waals surface area contributed by atoms with Crippen LogP contribution in [0.5, 0.6) is 0 Å². The molecule has 1 aliphatic heterocycles. The Hall–Kier alpha value is -2.14. The number of guanidine groups is 1. The van der Waals surface area contributed by atoms with Gasteiger partial charge in [0, 0.05) is 46.3 Å². The van der Waals surface area contributed by atoms with Gasteiger partial charge in [-0.2, -0.15) is 4.31 Å². The van der Waals surface area contributed by atoms with Crippen molar-refractivity contribution < 1.29 is 17.7 Å². The Balaban J connectivity index is 1.89. The van der Waals surface area contributed by atoms with Crippen LogP contribution < -0.4 is 10.6 Å². The van der Waals surface area contributed by atoms with Gasteiger partial charge in [0.25, 0.3) is 0 Å². The molecular formula is C13H22N6O4S. The summed E-state index contributed by atoms with van der Waals surface area (Å²) in [7, 11) is -0.246. The summed E-state index contributed by atoms with van der Waals surface area (Å²) in [5.74, 6) is 0.254. The van der Waals surface area contributed by atoms with Crippen LogP contribution in [0.4, 0.5) is 0 Å². The van der Waals surface area contributed by atoms with E-state index in [1.165, 1.54) is 10.6 Å². The first-order chi connectivity index (χ1) is 11.5. The highest BCUT2D eigenvalue weighted by Crippen LogP contribution is 2.12. The van der Waals surface area contributed by atoms with E-state index in [0.717, 1.165) is 0 Å². The maximum Gasteiger partial charge on any atom is 0.239 e. The van der Waals surface area contributed by atoms with E-state index in [4.69, 9.17) is 0 Å². The van der Waals surface area contributed by atoms with Gasteiger partial charge < -0.3 is 20.1 Å². The Labute approximate surface area is 140 Å². The topological polar surface area (TPSA) is 120 Å². The molecule has 1 amide bonds. The number of aromatic nitrogens is 1. The van der Waals surface area contributed by atoms with Gasteiger partial charge in [-0.05, 0) is 0 Å². The lowest BCUT2D eigenvalue weighted by Gasteiger charge is -2.35. The molecule has 0 radical (unpaired) electrons. The first-order valence-electron chi connectivity index (χ1n) is 7.49. The maximum atomic E-state index is 12.4. The Morgan fingerprint density at radius 3 is 2.62 bits per heavy atom. The van der Waals surface area contributed by atoms with E-state index in [1.807, 2.05) is 4.90 Å². The molecule has 0 saturated carbocycles. The van der Waals surface area contributed by atoms with Crippen molar-refractivity contribution in [2.24, 2.45) is 4.99 Å². The molecule has 1 aromatic rings. The van der Waals surface area contributed by atoms with E-state index in [9.17, 15) is 13.2 Å². The summed E-state index contributed by atoms with van der Waals surface area (Å²) >= 11 is 0. The average Bonchev–Trinajstić information content (AvgIpc) is 3.07. The zero-order chi connectivity index (χ0) is 17.6. The van der Waals surface area contributed by atoms with E-state index in [1.54, 1.807) is 20.2 Å². The molecule has 10 nitrogen and oxygen atoms in total. The highest BCUT2D eigenvalue weighted by atomic mass is 32.2. The molecule has 0 aliphatic carbocycles. The van der Waals surface area contributed by atoms with Crippen LogP contribution in [0.3, 0.4) is 0 Å². The molecule has 0 atom stereocenters. The number of likely N-dealkylation sites (N-methyl/N-ethyl adjacent to an activating group) is 1. The summed E-state index contributed by atoms with van der Waals surface area (Å²) in [4.78, 5) is 17.4. The molecule has 134 valence electrons. The molecule has 0 unspecified atom stereocenters. The monoisotopic (exact) mass is 358 g/mol. The zero-order valence-electron chi connectivity index (χ0n) is 13.7. The van der Waals surface area contributed by atoms with Crippen molar-refractivity contribution in [2.75, 3.05) is 46.8 Å². The van der Waals surface area contributed by atoms with Crippen LogP contribution in [0, 0.1) is 0 Å². The summed E-state index contributed by atoms with van der Waals surface area (Å²) in [6, 6.07) is 1.54. The van der Waals surface area contributed by atoms with Crippen molar-refractivity contribution in [3.8, 4) is 0 Å². The van der Waals surface area contributed by atoms with Crippen molar-refractivity contribution in [3.63, 3.8) is 0 Å². The van der Waals surface area contributed by atoms with Crippen LogP contribution in [0.15, 0.2) is 21.8 Å². The molecule has 0 bridgehead atoms. The van der Waals surface area contributed by atoms with Crippen molar-refractivity contribution in [1.29, 1.82) is 0 Å². The number of amides is 1. The SMILES string of the molecule is CN=C(NCC(=O)NC)N1CCN(S(=O)(=O)Cc2ccon2)CC1. The fourth-order valence-corrected chi connectivity index (χ4v) is 3.77. The van der Waals surface area contributed by atoms with Crippen LogP contribution in [0.2, 0.25) is 0 Å². The number of nitrogens with one attached hydrogen (secondary N) is 2. The predicted molar refractivity (Wildman–Crippen MR) is 87.7 cm³/mol. The number of rotatable bonds is 5. The molecule has 2 N–H and O–H groups in total. The lowest BCUT2D eigenvalue weighted by Crippen LogP contribution is -2.54. The number of hydrogen-bond acceptors (Lipinski definition) is 6. The second-order valence-electron chi connectivity index (χ2n) is 5.21. The van der Waals surface area contributed by atoms with E-state index in [-0.39, 0.29) is 18.2 Å². The smallest absolute Gasteiger partial charge is 0.239 e. The van der Waals surface area contributed by atoms with E-state index < -0.39 is 10.0 Å². The molecule has 0 spiro atoms. The number of aliphatic imine (C=N–C) groups is 1. The van der Waals surface area contributed by atoms with Gasteiger partial charge in [0.05, 0.1) is 12.2 Å². The fraction of sp³-hybridized carbons (Fsp3) is 0.615. The van der Waals surface area contributed by atoms with Crippen molar-refractivity contribution >= 4 is 21.9 Å². The highest BCUT2D eigenvalue weighted by Gasteiger charge is 2.29. The van der Waals surface area contributed by atoms with Gasteiger partial charge in [-0.15, -0.1) is 0 Å². The number of nitrogens with zero attached hydrogens (tertiary/aromatic N) is 4. The minimum Gasteiger partial charge on any atom is -0.364 e.